The minimum absolute atomic E-state index is 0.0267. The highest BCUT2D eigenvalue weighted by atomic mass is 32.1. The third-order valence-electron chi connectivity index (χ3n) is 2.48. The summed E-state index contributed by atoms with van der Waals surface area (Å²) in [4.78, 5) is 4.50. The molecule has 1 atom stereocenters. The van der Waals surface area contributed by atoms with Crippen LogP contribution < -0.4 is 5.32 Å². The Morgan fingerprint density at radius 2 is 2.12 bits per heavy atom. The van der Waals surface area contributed by atoms with Gasteiger partial charge in [0.05, 0.1) is 0 Å². The number of nitrogens with zero attached hydrogens (tertiary/aromatic N) is 2. The van der Waals surface area contributed by atoms with Gasteiger partial charge in [0.2, 0.25) is 5.13 Å². The summed E-state index contributed by atoms with van der Waals surface area (Å²) in [6, 6.07) is 0. The maximum Gasteiger partial charge on any atom is 0.203 e. The van der Waals surface area contributed by atoms with E-state index < -0.39 is 0 Å². The quantitative estimate of drug-likeness (QED) is 0.880. The van der Waals surface area contributed by atoms with Gasteiger partial charge < -0.3 is 10.1 Å². The standard InChI is InChI=1S/C11H19N3OS/c1-11(2,3)13-10-12-9(14-16-10)8(15-4)7-5-6-7/h7-8H,5-6H2,1-4H3,(H,12,13,14). The topological polar surface area (TPSA) is 47.0 Å². The minimum Gasteiger partial charge on any atom is -0.373 e. The molecule has 90 valence electrons. The first-order valence-electron chi connectivity index (χ1n) is 5.64. The van der Waals surface area contributed by atoms with E-state index in [4.69, 9.17) is 4.74 Å². The Kier molecular flexibility index (Phi) is 3.17. The van der Waals surface area contributed by atoms with Gasteiger partial charge in [-0.2, -0.15) is 4.37 Å². The van der Waals surface area contributed by atoms with E-state index in [1.807, 2.05) is 0 Å². The van der Waals surface area contributed by atoms with E-state index in [9.17, 15) is 0 Å². The molecule has 5 heteroatoms. The van der Waals surface area contributed by atoms with Crippen LogP contribution in [-0.2, 0) is 4.74 Å². The van der Waals surface area contributed by atoms with Gasteiger partial charge >= 0.3 is 0 Å². The predicted molar refractivity (Wildman–Crippen MR) is 65.8 cm³/mol. The molecule has 1 unspecified atom stereocenters. The van der Waals surface area contributed by atoms with Crippen LogP contribution >= 0.6 is 11.5 Å². The molecule has 0 aliphatic heterocycles. The molecule has 1 saturated carbocycles. The Morgan fingerprint density at radius 1 is 1.44 bits per heavy atom. The molecule has 1 fully saturated rings. The Hall–Kier alpha value is -0.680. The van der Waals surface area contributed by atoms with Gasteiger partial charge in [-0.15, -0.1) is 0 Å². The van der Waals surface area contributed by atoms with Crippen molar-refractivity contribution in [3.63, 3.8) is 0 Å². The Labute approximate surface area is 101 Å². The normalized spacial score (nSPS) is 18.5. The smallest absolute Gasteiger partial charge is 0.203 e. The van der Waals surface area contributed by atoms with Crippen LogP contribution in [0.25, 0.3) is 0 Å². The molecule has 1 aromatic rings. The molecule has 2 rings (SSSR count). The van der Waals surface area contributed by atoms with Crippen LogP contribution in [0.3, 0.4) is 0 Å². The number of rotatable bonds is 4. The molecule has 0 spiro atoms. The van der Waals surface area contributed by atoms with Gasteiger partial charge in [0, 0.05) is 24.2 Å². The van der Waals surface area contributed by atoms with Crippen molar-refractivity contribution in [2.45, 2.75) is 45.3 Å². The number of methoxy groups -OCH3 is 1. The lowest BCUT2D eigenvalue weighted by atomic mass is 10.1. The lowest BCUT2D eigenvalue weighted by molar-refractivity contribution is 0.0783. The van der Waals surface area contributed by atoms with Crippen molar-refractivity contribution >= 4 is 16.7 Å². The van der Waals surface area contributed by atoms with Crippen LogP contribution in [0.4, 0.5) is 5.13 Å². The highest BCUT2D eigenvalue weighted by molar-refractivity contribution is 7.09. The number of anilines is 1. The van der Waals surface area contributed by atoms with Crippen LogP contribution in [0, 0.1) is 5.92 Å². The maximum atomic E-state index is 5.46. The van der Waals surface area contributed by atoms with Gasteiger partial charge in [-0.05, 0) is 39.5 Å². The van der Waals surface area contributed by atoms with Gasteiger partial charge in [-0.1, -0.05) is 0 Å². The number of hydrogen-bond acceptors (Lipinski definition) is 5. The lowest BCUT2D eigenvalue weighted by Crippen LogP contribution is -2.25. The summed E-state index contributed by atoms with van der Waals surface area (Å²) in [5, 5.41) is 4.21. The molecule has 1 aliphatic rings. The molecule has 0 amide bonds. The zero-order chi connectivity index (χ0) is 11.8. The molecule has 1 heterocycles. The van der Waals surface area contributed by atoms with Crippen LogP contribution in [0.1, 0.15) is 45.5 Å². The van der Waals surface area contributed by atoms with Crippen LogP contribution in [0.5, 0.6) is 0 Å². The molecular formula is C11H19N3OS. The first-order valence-corrected chi connectivity index (χ1v) is 6.41. The highest BCUT2D eigenvalue weighted by Crippen LogP contribution is 2.42. The molecule has 1 aromatic heterocycles. The average molecular weight is 241 g/mol. The second kappa shape index (κ2) is 4.30. The van der Waals surface area contributed by atoms with E-state index in [0.717, 1.165) is 11.0 Å². The first-order chi connectivity index (χ1) is 7.49. The van der Waals surface area contributed by atoms with Gasteiger partial charge in [0.25, 0.3) is 0 Å². The average Bonchev–Trinajstić information content (AvgIpc) is 2.88. The lowest BCUT2D eigenvalue weighted by Gasteiger charge is -2.19. The number of nitrogens with one attached hydrogen (secondary N) is 1. The second-order valence-electron chi connectivity index (χ2n) is 5.33. The molecule has 0 aromatic carbocycles. The molecule has 1 N–H and O–H groups in total. The fourth-order valence-electron chi connectivity index (χ4n) is 1.63. The van der Waals surface area contributed by atoms with E-state index in [1.165, 1.54) is 24.4 Å². The minimum atomic E-state index is 0.0267. The summed E-state index contributed by atoms with van der Waals surface area (Å²) in [6.45, 7) is 6.34. The fourth-order valence-corrected chi connectivity index (χ4v) is 2.44. The Morgan fingerprint density at radius 3 is 2.62 bits per heavy atom. The van der Waals surface area contributed by atoms with E-state index in [0.29, 0.717) is 5.92 Å². The van der Waals surface area contributed by atoms with Crippen LogP contribution in [-0.4, -0.2) is 22.0 Å². The molecule has 1 aliphatic carbocycles. The summed E-state index contributed by atoms with van der Waals surface area (Å²) in [5.74, 6) is 1.46. The predicted octanol–water partition coefficient (Wildman–Crippen LogP) is 2.85. The van der Waals surface area contributed by atoms with Gasteiger partial charge in [-0.3, -0.25) is 0 Å². The van der Waals surface area contributed by atoms with Gasteiger partial charge in [-0.25, -0.2) is 4.98 Å². The van der Waals surface area contributed by atoms with E-state index >= 15 is 0 Å². The fraction of sp³-hybridized carbons (Fsp3) is 0.818. The largest absolute Gasteiger partial charge is 0.373 e. The number of aromatic nitrogens is 2. The summed E-state index contributed by atoms with van der Waals surface area (Å²) >= 11 is 1.41. The number of hydrogen-bond donors (Lipinski definition) is 1. The van der Waals surface area contributed by atoms with Gasteiger partial charge in [0.15, 0.2) is 5.82 Å². The molecule has 4 nitrogen and oxygen atoms in total. The zero-order valence-electron chi connectivity index (χ0n) is 10.3. The van der Waals surface area contributed by atoms with Crippen molar-refractivity contribution in [2.75, 3.05) is 12.4 Å². The van der Waals surface area contributed by atoms with Crippen molar-refractivity contribution in [2.24, 2.45) is 5.92 Å². The molecular weight excluding hydrogens is 222 g/mol. The Bertz CT molecular complexity index is 354. The molecule has 0 saturated heterocycles. The molecule has 16 heavy (non-hydrogen) atoms. The van der Waals surface area contributed by atoms with Crippen LogP contribution in [0.2, 0.25) is 0 Å². The summed E-state index contributed by atoms with van der Waals surface area (Å²) in [5.41, 5.74) is 0.0267. The van der Waals surface area contributed by atoms with Crippen molar-refractivity contribution in [3.05, 3.63) is 5.82 Å². The second-order valence-corrected chi connectivity index (χ2v) is 6.08. The van der Waals surface area contributed by atoms with Crippen LogP contribution in [0.15, 0.2) is 0 Å². The first kappa shape index (κ1) is 11.8. The van der Waals surface area contributed by atoms with E-state index in [-0.39, 0.29) is 11.6 Å². The van der Waals surface area contributed by atoms with Crippen molar-refractivity contribution in [1.29, 1.82) is 0 Å². The monoisotopic (exact) mass is 241 g/mol. The van der Waals surface area contributed by atoms with Crippen molar-refractivity contribution < 1.29 is 4.74 Å². The molecule has 0 bridgehead atoms. The zero-order valence-corrected chi connectivity index (χ0v) is 11.1. The van der Waals surface area contributed by atoms with Gasteiger partial charge in [0.1, 0.15) is 6.10 Å². The third-order valence-corrected chi connectivity index (χ3v) is 3.13. The summed E-state index contributed by atoms with van der Waals surface area (Å²) in [7, 11) is 1.74. The van der Waals surface area contributed by atoms with Crippen molar-refractivity contribution in [3.8, 4) is 0 Å². The SMILES string of the molecule is COC(c1nsc(NC(C)(C)C)n1)C1CC1. The van der Waals surface area contributed by atoms with Crippen molar-refractivity contribution in [1.82, 2.24) is 9.36 Å². The van der Waals surface area contributed by atoms with E-state index in [2.05, 4.69) is 35.4 Å². The summed E-state index contributed by atoms with van der Waals surface area (Å²) in [6.07, 6.45) is 2.56. The number of ether oxygens (including phenoxy) is 1. The van der Waals surface area contributed by atoms with E-state index in [1.54, 1.807) is 7.11 Å². The summed E-state index contributed by atoms with van der Waals surface area (Å²) < 4.78 is 9.83. The highest BCUT2D eigenvalue weighted by Gasteiger charge is 2.35. The third kappa shape index (κ3) is 2.92. The maximum absolute atomic E-state index is 5.46. The molecule has 0 radical (unpaired) electrons. The Balaban J connectivity index is 2.06.